The molecule has 1 aromatic heterocycles. The average molecular weight is 399 g/mol. The van der Waals surface area contributed by atoms with Crippen molar-refractivity contribution in [2.75, 3.05) is 7.11 Å². The highest BCUT2D eigenvalue weighted by molar-refractivity contribution is 9.10. The molecular weight excluding hydrogens is 384 g/mol. The molecule has 0 aliphatic heterocycles. The van der Waals surface area contributed by atoms with E-state index in [9.17, 15) is 9.59 Å². The van der Waals surface area contributed by atoms with Gasteiger partial charge in [-0.25, -0.2) is 4.68 Å². The predicted octanol–water partition coefficient (Wildman–Crippen LogP) is 3.56. The highest BCUT2D eigenvalue weighted by Crippen LogP contribution is 2.20. The summed E-state index contributed by atoms with van der Waals surface area (Å²) < 4.78 is 7.22. The van der Waals surface area contributed by atoms with Gasteiger partial charge < -0.3 is 4.74 Å². The van der Waals surface area contributed by atoms with E-state index in [4.69, 9.17) is 4.74 Å². The van der Waals surface area contributed by atoms with E-state index in [1.54, 1.807) is 30.3 Å². The van der Waals surface area contributed by atoms with E-state index in [1.165, 1.54) is 17.9 Å². The second-order valence-electron chi connectivity index (χ2n) is 5.38. The van der Waals surface area contributed by atoms with Gasteiger partial charge in [0.15, 0.2) is 5.78 Å². The number of benzene rings is 2. The zero-order chi connectivity index (χ0) is 17.8. The van der Waals surface area contributed by atoms with Crippen LogP contribution in [0.3, 0.4) is 0 Å². The molecule has 3 aromatic rings. The highest BCUT2D eigenvalue weighted by atomic mass is 79.9. The molecule has 3 rings (SSSR count). The number of halogens is 1. The second kappa shape index (κ2) is 7.44. The molecule has 0 saturated heterocycles. The molecule has 25 heavy (non-hydrogen) atoms. The third kappa shape index (κ3) is 4.03. The summed E-state index contributed by atoms with van der Waals surface area (Å²) in [6.45, 7) is -0.131. The lowest BCUT2D eigenvalue weighted by atomic mass is 10.1. The molecule has 0 amide bonds. The smallest absolute Gasteiger partial charge is 0.267 e. The SMILES string of the molecule is COc1cccc(C(=O)Cn2nc(-c3cccc(Br)c3)ccc2=O)c1. The van der Waals surface area contributed by atoms with Gasteiger partial charge >= 0.3 is 0 Å². The van der Waals surface area contributed by atoms with Crippen molar-refractivity contribution in [2.45, 2.75) is 6.54 Å². The summed E-state index contributed by atoms with van der Waals surface area (Å²) in [5, 5.41) is 4.32. The summed E-state index contributed by atoms with van der Waals surface area (Å²) in [5.74, 6) is 0.383. The van der Waals surface area contributed by atoms with E-state index in [-0.39, 0.29) is 17.9 Å². The number of hydrogen-bond acceptors (Lipinski definition) is 4. The van der Waals surface area contributed by atoms with Gasteiger partial charge in [-0.15, -0.1) is 0 Å². The largest absolute Gasteiger partial charge is 0.497 e. The molecular formula is C19H15BrN2O3. The maximum Gasteiger partial charge on any atom is 0.267 e. The van der Waals surface area contributed by atoms with Crippen LogP contribution in [0.1, 0.15) is 10.4 Å². The fraction of sp³-hybridized carbons (Fsp3) is 0.105. The number of ether oxygens (including phenoxy) is 1. The number of methoxy groups -OCH3 is 1. The van der Waals surface area contributed by atoms with Gasteiger partial charge in [-0.3, -0.25) is 9.59 Å². The fourth-order valence-corrected chi connectivity index (χ4v) is 2.79. The molecule has 0 bridgehead atoms. The van der Waals surface area contributed by atoms with Gasteiger partial charge in [0.25, 0.3) is 5.56 Å². The highest BCUT2D eigenvalue weighted by Gasteiger charge is 2.11. The minimum absolute atomic E-state index is 0.131. The molecule has 0 saturated carbocycles. The minimum atomic E-state index is -0.324. The monoisotopic (exact) mass is 398 g/mol. The van der Waals surface area contributed by atoms with Gasteiger partial charge in [-0.05, 0) is 30.3 Å². The summed E-state index contributed by atoms with van der Waals surface area (Å²) in [6.07, 6.45) is 0. The molecule has 0 N–H and O–H groups in total. The van der Waals surface area contributed by atoms with Crippen molar-refractivity contribution in [3.8, 4) is 17.0 Å². The maximum atomic E-state index is 12.5. The number of carbonyl (C=O) groups is 1. The van der Waals surface area contributed by atoms with Crippen LogP contribution in [0.25, 0.3) is 11.3 Å². The Hall–Kier alpha value is -2.73. The Morgan fingerprint density at radius 2 is 1.92 bits per heavy atom. The zero-order valence-corrected chi connectivity index (χ0v) is 15.1. The van der Waals surface area contributed by atoms with Gasteiger partial charge in [0.05, 0.1) is 12.8 Å². The second-order valence-corrected chi connectivity index (χ2v) is 6.30. The number of hydrogen-bond donors (Lipinski definition) is 0. The molecule has 0 radical (unpaired) electrons. The number of ketones is 1. The van der Waals surface area contributed by atoms with Crippen molar-refractivity contribution < 1.29 is 9.53 Å². The number of carbonyl (C=O) groups excluding carboxylic acids is 1. The van der Waals surface area contributed by atoms with Crippen LogP contribution in [0.5, 0.6) is 5.75 Å². The molecule has 126 valence electrons. The molecule has 0 fully saturated rings. The molecule has 0 atom stereocenters. The minimum Gasteiger partial charge on any atom is -0.497 e. The van der Waals surface area contributed by atoms with Crippen LogP contribution < -0.4 is 10.3 Å². The predicted molar refractivity (Wildman–Crippen MR) is 99.0 cm³/mol. The Labute approximate surface area is 153 Å². The van der Waals surface area contributed by atoms with Crippen molar-refractivity contribution in [1.29, 1.82) is 0 Å². The molecule has 0 unspecified atom stereocenters. The Bertz CT molecular complexity index is 982. The number of rotatable bonds is 5. The van der Waals surface area contributed by atoms with E-state index < -0.39 is 0 Å². The molecule has 6 heteroatoms. The van der Waals surface area contributed by atoms with Crippen LogP contribution in [0.2, 0.25) is 0 Å². The molecule has 5 nitrogen and oxygen atoms in total. The molecule has 0 aliphatic carbocycles. The summed E-state index contributed by atoms with van der Waals surface area (Å²) in [7, 11) is 1.54. The first-order valence-corrected chi connectivity index (χ1v) is 8.37. The van der Waals surface area contributed by atoms with Crippen molar-refractivity contribution in [3.05, 3.63) is 81.1 Å². The molecule has 1 heterocycles. The lowest BCUT2D eigenvalue weighted by Crippen LogP contribution is -2.26. The Balaban J connectivity index is 1.90. The lowest BCUT2D eigenvalue weighted by molar-refractivity contribution is 0.0965. The van der Waals surface area contributed by atoms with E-state index >= 15 is 0 Å². The van der Waals surface area contributed by atoms with Crippen molar-refractivity contribution >= 4 is 21.7 Å². The Kier molecular flexibility index (Phi) is 5.09. The molecule has 0 aliphatic rings. The van der Waals surface area contributed by atoms with Gasteiger partial charge in [-0.2, -0.15) is 5.10 Å². The summed E-state index contributed by atoms with van der Waals surface area (Å²) in [4.78, 5) is 24.5. The van der Waals surface area contributed by atoms with Crippen LogP contribution in [-0.2, 0) is 6.54 Å². The van der Waals surface area contributed by atoms with Crippen molar-refractivity contribution in [1.82, 2.24) is 9.78 Å². The van der Waals surface area contributed by atoms with Gasteiger partial charge in [-0.1, -0.05) is 40.2 Å². The maximum absolute atomic E-state index is 12.5. The number of Topliss-reactive ketones (excluding diaryl/α,β-unsaturated/α-hetero) is 1. The summed E-state index contributed by atoms with van der Waals surface area (Å²) in [5.41, 5.74) is 1.63. The van der Waals surface area contributed by atoms with Gasteiger partial charge in [0.2, 0.25) is 0 Å². The zero-order valence-electron chi connectivity index (χ0n) is 13.5. The quantitative estimate of drug-likeness (QED) is 0.616. The normalized spacial score (nSPS) is 10.5. The number of aromatic nitrogens is 2. The molecule has 2 aromatic carbocycles. The summed E-state index contributed by atoms with van der Waals surface area (Å²) in [6, 6.07) is 17.5. The number of nitrogens with zero attached hydrogens (tertiary/aromatic N) is 2. The Morgan fingerprint density at radius 1 is 1.12 bits per heavy atom. The summed E-state index contributed by atoms with van der Waals surface area (Å²) >= 11 is 3.41. The molecule has 0 spiro atoms. The lowest BCUT2D eigenvalue weighted by Gasteiger charge is -2.08. The van der Waals surface area contributed by atoms with Crippen LogP contribution >= 0.6 is 15.9 Å². The van der Waals surface area contributed by atoms with Crippen LogP contribution in [0.4, 0.5) is 0 Å². The van der Waals surface area contributed by atoms with Gasteiger partial charge in [0.1, 0.15) is 12.3 Å². The first kappa shape index (κ1) is 17.1. The van der Waals surface area contributed by atoms with E-state index in [2.05, 4.69) is 21.0 Å². The first-order chi connectivity index (χ1) is 12.1. The van der Waals surface area contributed by atoms with Crippen molar-refractivity contribution in [2.24, 2.45) is 0 Å². The third-order valence-corrected chi connectivity index (χ3v) is 4.17. The topological polar surface area (TPSA) is 61.2 Å². The standard InChI is InChI=1S/C19H15BrN2O3/c1-25-16-7-3-5-14(11-16)18(23)12-22-19(24)9-8-17(21-22)13-4-2-6-15(20)10-13/h2-11H,12H2,1H3. The van der Waals surface area contributed by atoms with E-state index in [0.717, 1.165) is 10.0 Å². The van der Waals surface area contributed by atoms with E-state index in [0.29, 0.717) is 17.0 Å². The van der Waals surface area contributed by atoms with Crippen LogP contribution in [-0.4, -0.2) is 22.7 Å². The van der Waals surface area contributed by atoms with Gasteiger partial charge in [0, 0.05) is 21.7 Å². The Morgan fingerprint density at radius 3 is 2.68 bits per heavy atom. The third-order valence-electron chi connectivity index (χ3n) is 3.67. The first-order valence-electron chi connectivity index (χ1n) is 7.58. The van der Waals surface area contributed by atoms with Crippen molar-refractivity contribution in [3.63, 3.8) is 0 Å². The van der Waals surface area contributed by atoms with E-state index in [1.807, 2.05) is 24.3 Å². The average Bonchev–Trinajstić information content (AvgIpc) is 2.63. The van der Waals surface area contributed by atoms with Crippen LogP contribution in [0.15, 0.2) is 69.9 Å². The fourth-order valence-electron chi connectivity index (χ4n) is 2.39. The van der Waals surface area contributed by atoms with Crippen LogP contribution in [0, 0.1) is 0 Å².